The third kappa shape index (κ3) is 1.64. The van der Waals surface area contributed by atoms with Gasteiger partial charge in [0, 0.05) is 33.5 Å². The van der Waals surface area contributed by atoms with Crippen molar-refractivity contribution in [1.29, 1.82) is 0 Å². The number of aryl methyl sites for hydroxylation is 1. The van der Waals surface area contributed by atoms with Crippen LogP contribution in [0.3, 0.4) is 0 Å². The molecule has 10 heavy (non-hydrogen) atoms. The van der Waals surface area contributed by atoms with Gasteiger partial charge in [0.25, 0.3) is 0 Å². The highest BCUT2D eigenvalue weighted by atomic mass is 35.5. The summed E-state index contributed by atoms with van der Waals surface area (Å²) in [4.78, 5) is 6.08. The third-order valence-electron chi connectivity index (χ3n) is 1.20. The Morgan fingerprint density at radius 3 is 2.30 bits per heavy atom. The summed E-state index contributed by atoms with van der Waals surface area (Å²) >= 11 is 0. The molecular formula is C6H12ClN3. The molecule has 4 heteroatoms. The molecule has 0 fully saturated rings. The molecule has 0 saturated heterocycles. The van der Waals surface area contributed by atoms with Gasteiger partial charge >= 0.3 is 0 Å². The number of imidazole rings is 1. The van der Waals surface area contributed by atoms with Gasteiger partial charge in [0.1, 0.15) is 0 Å². The lowest BCUT2D eigenvalue weighted by Gasteiger charge is -2.09. The van der Waals surface area contributed by atoms with Gasteiger partial charge in [0.2, 0.25) is 5.95 Å². The van der Waals surface area contributed by atoms with Crippen molar-refractivity contribution in [3.8, 4) is 0 Å². The van der Waals surface area contributed by atoms with E-state index in [2.05, 4.69) is 4.98 Å². The Morgan fingerprint density at radius 1 is 1.50 bits per heavy atom. The summed E-state index contributed by atoms with van der Waals surface area (Å²) in [6.07, 6.45) is 3.71. The molecule has 1 aromatic rings. The molecule has 1 rings (SSSR count). The van der Waals surface area contributed by atoms with Crippen LogP contribution in [0.4, 0.5) is 5.95 Å². The van der Waals surface area contributed by atoms with Crippen molar-refractivity contribution < 1.29 is 0 Å². The largest absolute Gasteiger partial charge is 0.348 e. The summed E-state index contributed by atoms with van der Waals surface area (Å²) in [6, 6.07) is 0. The van der Waals surface area contributed by atoms with Crippen LogP contribution in [-0.4, -0.2) is 23.6 Å². The van der Waals surface area contributed by atoms with Gasteiger partial charge in [-0.2, -0.15) is 0 Å². The van der Waals surface area contributed by atoms with E-state index >= 15 is 0 Å². The predicted molar refractivity (Wildman–Crippen MR) is 44.8 cm³/mol. The summed E-state index contributed by atoms with van der Waals surface area (Å²) in [5, 5.41) is 0. The average molecular weight is 162 g/mol. The fourth-order valence-electron chi connectivity index (χ4n) is 0.789. The number of hydrogen-bond donors (Lipinski definition) is 0. The van der Waals surface area contributed by atoms with Crippen LogP contribution in [0.1, 0.15) is 0 Å². The van der Waals surface area contributed by atoms with E-state index in [0.717, 1.165) is 5.95 Å². The molecule has 1 aromatic heterocycles. The van der Waals surface area contributed by atoms with Crippen LogP contribution < -0.4 is 4.90 Å². The van der Waals surface area contributed by atoms with Gasteiger partial charge in [0.15, 0.2) is 0 Å². The highest BCUT2D eigenvalue weighted by Gasteiger charge is 1.97. The lowest BCUT2D eigenvalue weighted by atomic mass is 10.8. The van der Waals surface area contributed by atoms with Crippen molar-refractivity contribution in [3.05, 3.63) is 12.4 Å². The normalized spacial score (nSPS) is 8.70. The number of halogens is 1. The number of hydrogen-bond acceptors (Lipinski definition) is 2. The van der Waals surface area contributed by atoms with Gasteiger partial charge in [-0.15, -0.1) is 12.4 Å². The lowest BCUT2D eigenvalue weighted by molar-refractivity contribution is 0.867. The van der Waals surface area contributed by atoms with Crippen LogP contribution in [-0.2, 0) is 7.05 Å². The van der Waals surface area contributed by atoms with Crippen molar-refractivity contribution in [2.45, 2.75) is 0 Å². The second-order valence-electron chi connectivity index (χ2n) is 2.23. The maximum Gasteiger partial charge on any atom is 0.204 e. The fourth-order valence-corrected chi connectivity index (χ4v) is 0.789. The van der Waals surface area contributed by atoms with Crippen molar-refractivity contribution in [2.75, 3.05) is 19.0 Å². The standard InChI is InChI=1S/C6H11N3.ClH/c1-8(2)6-7-4-5-9(6)3;/h4-5H,1-3H3;1H. The van der Waals surface area contributed by atoms with Gasteiger partial charge in [-0.1, -0.05) is 0 Å². The molecule has 58 valence electrons. The van der Waals surface area contributed by atoms with E-state index < -0.39 is 0 Å². The van der Waals surface area contributed by atoms with Crippen LogP contribution in [0.5, 0.6) is 0 Å². The zero-order valence-electron chi connectivity index (χ0n) is 6.40. The summed E-state index contributed by atoms with van der Waals surface area (Å²) in [5.74, 6) is 0.981. The maximum atomic E-state index is 4.10. The highest BCUT2D eigenvalue weighted by molar-refractivity contribution is 5.85. The molecule has 3 nitrogen and oxygen atoms in total. The van der Waals surface area contributed by atoms with Gasteiger partial charge in [-0.3, -0.25) is 0 Å². The molecular weight excluding hydrogens is 150 g/mol. The Balaban J connectivity index is 0.000000810. The zero-order valence-corrected chi connectivity index (χ0v) is 7.22. The van der Waals surface area contributed by atoms with Crippen LogP contribution >= 0.6 is 12.4 Å². The molecule has 1 heterocycles. The van der Waals surface area contributed by atoms with Crippen LogP contribution in [0.15, 0.2) is 12.4 Å². The first-order valence-corrected chi connectivity index (χ1v) is 2.86. The summed E-state index contributed by atoms with van der Waals surface area (Å²) in [5.41, 5.74) is 0. The van der Waals surface area contributed by atoms with Gasteiger partial charge in [-0.05, 0) is 0 Å². The molecule has 0 radical (unpaired) electrons. The average Bonchev–Trinajstić information content (AvgIpc) is 2.13. The second-order valence-corrected chi connectivity index (χ2v) is 2.23. The Labute approximate surface area is 67.1 Å². The molecule has 0 aromatic carbocycles. The minimum Gasteiger partial charge on any atom is -0.348 e. The molecule has 0 unspecified atom stereocenters. The minimum atomic E-state index is 0. The van der Waals surface area contributed by atoms with E-state index in [1.807, 2.05) is 36.8 Å². The molecule has 0 aliphatic rings. The summed E-state index contributed by atoms with van der Waals surface area (Å²) in [6.45, 7) is 0. The summed E-state index contributed by atoms with van der Waals surface area (Å²) < 4.78 is 1.97. The van der Waals surface area contributed by atoms with E-state index in [1.165, 1.54) is 0 Å². The zero-order chi connectivity index (χ0) is 6.85. The van der Waals surface area contributed by atoms with E-state index in [-0.39, 0.29) is 12.4 Å². The number of anilines is 1. The Morgan fingerprint density at radius 2 is 2.10 bits per heavy atom. The van der Waals surface area contributed by atoms with E-state index in [1.54, 1.807) is 6.20 Å². The number of rotatable bonds is 1. The van der Waals surface area contributed by atoms with Gasteiger partial charge < -0.3 is 9.47 Å². The molecule has 0 atom stereocenters. The molecule has 0 bridgehead atoms. The smallest absolute Gasteiger partial charge is 0.204 e. The first-order chi connectivity index (χ1) is 4.22. The predicted octanol–water partition coefficient (Wildman–Crippen LogP) is 0.908. The van der Waals surface area contributed by atoms with E-state index in [4.69, 9.17) is 0 Å². The highest BCUT2D eigenvalue weighted by Crippen LogP contribution is 2.03. The number of aromatic nitrogens is 2. The maximum absolute atomic E-state index is 4.10. The van der Waals surface area contributed by atoms with E-state index in [0.29, 0.717) is 0 Å². The van der Waals surface area contributed by atoms with Crippen LogP contribution in [0.2, 0.25) is 0 Å². The van der Waals surface area contributed by atoms with Crippen LogP contribution in [0.25, 0.3) is 0 Å². The van der Waals surface area contributed by atoms with Crippen molar-refractivity contribution in [1.82, 2.24) is 9.55 Å². The second kappa shape index (κ2) is 3.46. The Kier molecular flexibility index (Phi) is 3.22. The molecule has 0 aliphatic carbocycles. The summed E-state index contributed by atoms with van der Waals surface area (Å²) in [7, 11) is 5.92. The third-order valence-corrected chi connectivity index (χ3v) is 1.20. The SMILES string of the molecule is CN(C)c1nccn1C.Cl. The van der Waals surface area contributed by atoms with E-state index in [9.17, 15) is 0 Å². The van der Waals surface area contributed by atoms with Crippen LogP contribution in [0, 0.1) is 0 Å². The number of nitrogens with zero attached hydrogens (tertiary/aromatic N) is 3. The first-order valence-electron chi connectivity index (χ1n) is 2.86. The van der Waals surface area contributed by atoms with Crippen molar-refractivity contribution >= 4 is 18.4 Å². The quantitative estimate of drug-likeness (QED) is 0.611. The lowest BCUT2D eigenvalue weighted by Crippen LogP contribution is -2.13. The fraction of sp³-hybridized carbons (Fsp3) is 0.500. The van der Waals surface area contributed by atoms with Crippen molar-refractivity contribution in [3.63, 3.8) is 0 Å². The molecule has 0 saturated carbocycles. The molecule has 0 amide bonds. The monoisotopic (exact) mass is 161 g/mol. The molecule has 0 N–H and O–H groups in total. The topological polar surface area (TPSA) is 21.1 Å². The Hall–Kier alpha value is -0.700. The first kappa shape index (κ1) is 9.30. The molecule has 0 aliphatic heterocycles. The molecule has 0 spiro atoms. The van der Waals surface area contributed by atoms with Gasteiger partial charge in [-0.25, -0.2) is 4.98 Å². The minimum absolute atomic E-state index is 0. The van der Waals surface area contributed by atoms with Gasteiger partial charge in [0.05, 0.1) is 0 Å². The Bertz CT molecular complexity index is 195. The van der Waals surface area contributed by atoms with Crippen molar-refractivity contribution in [2.24, 2.45) is 7.05 Å².